The lowest BCUT2D eigenvalue weighted by Gasteiger charge is -2.09. The minimum absolute atomic E-state index is 0.214. The Morgan fingerprint density at radius 2 is 1.95 bits per heavy atom. The molecule has 1 heterocycles. The first-order chi connectivity index (χ1) is 10.2. The van der Waals surface area contributed by atoms with Gasteiger partial charge in [0.05, 0.1) is 5.56 Å². The molecule has 0 bridgehead atoms. The summed E-state index contributed by atoms with van der Waals surface area (Å²) in [5, 5.41) is 17.2. The maximum atomic E-state index is 11.0. The molecule has 112 valence electrons. The minimum atomic E-state index is -0.966. The van der Waals surface area contributed by atoms with E-state index in [1.165, 1.54) is 0 Å². The van der Waals surface area contributed by atoms with E-state index in [-0.39, 0.29) is 11.5 Å². The van der Waals surface area contributed by atoms with Gasteiger partial charge in [-0.3, -0.25) is 0 Å². The zero-order valence-corrected chi connectivity index (χ0v) is 12.4. The van der Waals surface area contributed by atoms with Gasteiger partial charge in [-0.15, -0.1) is 10.2 Å². The van der Waals surface area contributed by atoms with E-state index in [1.807, 2.05) is 0 Å². The third-order valence-corrected chi connectivity index (χ3v) is 3.42. The molecule has 0 amide bonds. The molecule has 5 heteroatoms. The van der Waals surface area contributed by atoms with E-state index in [0.29, 0.717) is 17.3 Å². The van der Waals surface area contributed by atoms with Crippen LogP contribution in [-0.4, -0.2) is 21.3 Å². The highest BCUT2D eigenvalue weighted by atomic mass is 16.4. The van der Waals surface area contributed by atoms with Crippen LogP contribution in [0.3, 0.4) is 0 Å². The Morgan fingerprint density at radius 3 is 2.57 bits per heavy atom. The molecule has 1 aromatic heterocycles. The number of aromatic nitrogens is 2. The van der Waals surface area contributed by atoms with Crippen molar-refractivity contribution >= 4 is 5.97 Å². The average Bonchev–Trinajstić information content (AvgIpc) is 2.97. The fourth-order valence-corrected chi connectivity index (χ4v) is 2.39. The van der Waals surface area contributed by atoms with Crippen LogP contribution in [0.25, 0.3) is 11.5 Å². The number of nitrogens with zero attached hydrogens (tertiary/aromatic N) is 2. The Balaban J connectivity index is 2.26. The summed E-state index contributed by atoms with van der Waals surface area (Å²) in [6, 6.07) is 6.55. The number of carbonyl (C=O) groups is 1. The first-order valence-corrected chi connectivity index (χ1v) is 7.32. The topological polar surface area (TPSA) is 76.2 Å². The third kappa shape index (κ3) is 3.68. The molecule has 0 saturated heterocycles. The SMILES string of the molecule is CCCC(CCC)c1nnc(-c2cccc(C(=O)O)c2)o1. The highest BCUT2D eigenvalue weighted by Crippen LogP contribution is 2.28. The molecule has 2 aromatic rings. The van der Waals surface area contributed by atoms with Crippen molar-refractivity contribution in [1.29, 1.82) is 0 Å². The van der Waals surface area contributed by atoms with Crippen LogP contribution in [-0.2, 0) is 0 Å². The molecular weight excluding hydrogens is 268 g/mol. The molecule has 0 saturated carbocycles. The monoisotopic (exact) mass is 288 g/mol. The van der Waals surface area contributed by atoms with Gasteiger partial charge in [0.25, 0.3) is 0 Å². The van der Waals surface area contributed by atoms with E-state index in [0.717, 1.165) is 25.7 Å². The largest absolute Gasteiger partial charge is 0.478 e. The fourth-order valence-electron chi connectivity index (χ4n) is 2.39. The van der Waals surface area contributed by atoms with Crippen LogP contribution >= 0.6 is 0 Å². The number of hydrogen-bond donors (Lipinski definition) is 1. The van der Waals surface area contributed by atoms with E-state index in [4.69, 9.17) is 9.52 Å². The molecule has 0 aliphatic rings. The van der Waals surface area contributed by atoms with E-state index in [9.17, 15) is 4.79 Å². The molecule has 5 nitrogen and oxygen atoms in total. The smallest absolute Gasteiger partial charge is 0.335 e. The predicted molar refractivity (Wildman–Crippen MR) is 79.3 cm³/mol. The normalized spacial score (nSPS) is 11.0. The van der Waals surface area contributed by atoms with Crippen LogP contribution < -0.4 is 0 Å². The molecule has 0 radical (unpaired) electrons. The van der Waals surface area contributed by atoms with E-state index >= 15 is 0 Å². The summed E-state index contributed by atoms with van der Waals surface area (Å²) in [6.07, 6.45) is 4.17. The number of aromatic carboxylic acids is 1. The molecule has 0 unspecified atom stereocenters. The van der Waals surface area contributed by atoms with Crippen LogP contribution in [0.15, 0.2) is 28.7 Å². The summed E-state index contributed by atoms with van der Waals surface area (Å²) in [7, 11) is 0. The second kappa shape index (κ2) is 7.02. The van der Waals surface area contributed by atoms with Gasteiger partial charge in [-0.2, -0.15) is 0 Å². The summed E-state index contributed by atoms with van der Waals surface area (Å²) in [5.74, 6) is 0.343. The van der Waals surface area contributed by atoms with Crippen LogP contribution in [0, 0.1) is 0 Å². The number of carboxylic acid groups (broad SMARTS) is 1. The van der Waals surface area contributed by atoms with Gasteiger partial charge in [-0.05, 0) is 31.0 Å². The molecule has 2 rings (SSSR count). The van der Waals surface area contributed by atoms with Crippen molar-refractivity contribution in [2.75, 3.05) is 0 Å². The van der Waals surface area contributed by atoms with Gasteiger partial charge in [-0.25, -0.2) is 4.79 Å². The third-order valence-electron chi connectivity index (χ3n) is 3.42. The van der Waals surface area contributed by atoms with Gasteiger partial charge in [-0.1, -0.05) is 32.8 Å². The Labute approximate surface area is 124 Å². The number of carboxylic acids is 1. The molecule has 0 atom stereocenters. The number of hydrogen-bond acceptors (Lipinski definition) is 4. The Kier molecular flexibility index (Phi) is 5.09. The van der Waals surface area contributed by atoms with Gasteiger partial charge in [0.15, 0.2) is 0 Å². The zero-order valence-electron chi connectivity index (χ0n) is 12.4. The summed E-state index contributed by atoms with van der Waals surface area (Å²) in [5.41, 5.74) is 0.853. The van der Waals surface area contributed by atoms with Gasteiger partial charge in [0.1, 0.15) is 0 Å². The lowest BCUT2D eigenvalue weighted by molar-refractivity contribution is 0.0697. The summed E-state index contributed by atoms with van der Waals surface area (Å²) in [6.45, 7) is 4.27. The molecule has 0 fully saturated rings. The van der Waals surface area contributed by atoms with Crippen molar-refractivity contribution in [3.05, 3.63) is 35.7 Å². The average molecular weight is 288 g/mol. The Morgan fingerprint density at radius 1 is 1.24 bits per heavy atom. The second-order valence-electron chi connectivity index (χ2n) is 5.11. The van der Waals surface area contributed by atoms with Crippen molar-refractivity contribution in [2.45, 2.75) is 45.4 Å². The fraction of sp³-hybridized carbons (Fsp3) is 0.438. The molecule has 1 aromatic carbocycles. The number of rotatable bonds is 7. The molecule has 0 aliphatic carbocycles. The van der Waals surface area contributed by atoms with Crippen LogP contribution in [0.2, 0.25) is 0 Å². The lowest BCUT2D eigenvalue weighted by Crippen LogP contribution is -1.98. The van der Waals surface area contributed by atoms with Crippen molar-refractivity contribution < 1.29 is 14.3 Å². The second-order valence-corrected chi connectivity index (χ2v) is 5.11. The zero-order chi connectivity index (χ0) is 15.2. The van der Waals surface area contributed by atoms with E-state index < -0.39 is 5.97 Å². The summed E-state index contributed by atoms with van der Waals surface area (Å²) >= 11 is 0. The van der Waals surface area contributed by atoms with Crippen molar-refractivity contribution in [3.8, 4) is 11.5 Å². The minimum Gasteiger partial charge on any atom is -0.478 e. The molecule has 21 heavy (non-hydrogen) atoms. The van der Waals surface area contributed by atoms with Gasteiger partial charge in [0, 0.05) is 11.5 Å². The predicted octanol–water partition coefficient (Wildman–Crippen LogP) is 4.12. The summed E-state index contributed by atoms with van der Waals surface area (Å²) in [4.78, 5) is 11.0. The van der Waals surface area contributed by atoms with Crippen LogP contribution in [0.4, 0.5) is 0 Å². The highest BCUT2D eigenvalue weighted by Gasteiger charge is 2.18. The standard InChI is InChI=1S/C16H20N2O3/c1-3-6-11(7-4-2)14-17-18-15(21-14)12-8-5-9-13(10-12)16(19)20/h5,8-11H,3-4,6-7H2,1-2H3,(H,19,20). The Bertz CT molecular complexity index is 601. The van der Waals surface area contributed by atoms with Crippen molar-refractivity contribution in [1.82, 2.24) is 10.2 Å². The van der Waals surface area contributed by atoms with Crippen LogP contribution in [0.5, 0.6) is 0 Å². The first kappa shape index (κ1) is 15.2. The first-order valence-electron chi connectivity index (χ1n) is 7.32. The van der Waals surface area contributed by atoms with Crippen molar-refractivity contribution in [2.24, 2.45) is 0 Å². The van der Waals surface area contributed by atoms with Crippen LogP contribution in [0.1, 0.15) is 61.7 Å². The van der Waals surface area contributed by atoms with Gasteiger partial charge < -0.3 is 9.52 Å². The molecule has 1 N–H and O–H groups in total. The maximum Gasteiger partial charge on any atom is 0.335 e. The summed E-state index contributed by atoms with van der Waals surface area (Å²) < 4.78 is 5.76. The van der Waals surface area contributed by atoms with Gasteiger partial charge >= 0.3 is 5.97 Å². The molecule has 0 spiro atoms. The van der Waals surface area contributed by atoms with Crippen molar-refractivity contribution in [3.63, 3.8) is 0 Å². The quantitative estimate of drug-likeness (QED) is 0.829. The Hall–Kier alpha value is -2.17. The van der Waals surface area contributed by atoms with E-state index in [2.05, 4.69) is 24.0 Å². The highest BCUT2D eigenvalue weighted by molar-refractivity contribution is 5.88. The number of benzene rings is 1. The molecule has 0 aliphatic heterocycles. The lowest BCUT2D eigenvalue weighted by atomic mass is 9.98. The molecular formula is C16H20N2O3. The maximum absolute atomic E-state index is 11.0. The van der Waals surface area contributed by atoms with E-state index in [1.54, 1.807) is 24.3 Å². The van der Waals surface area contributed by atoms with Gasteiger partial charge in [0.2, 0.25) is 11.8 Å².